The number of hydrogen-bond acceptors (Lipinski definition) is 5. The van der Waals surface area contributed by atoms with Crippen molar-refractivity contribution in [3.05, 3.63) is 43.0 Å². The Hall–Kier alpha value is -1.73. The van der Waals surface area contributed by atoms with Gasteiger partial charge in [-0.15, -0.1) is 0 Å². The van der Waals surface area contributed by atoms with Crippen LogP contribution in [0.5, 0.6) is 0 Å². The molecule has 1 aromatic heterocycles. The molecule has 124 valence electrons. The van der Waals surface area contributed by atoms with Crippen LogP contribution in [-0.4, -0.2) is 53.5 Å². The van der Waals surface area contributed by atoms with Gasteiger partial charge in [-0.25, -0.2) is 13.4 Å². The van der Waals surface area contributed by atoms with E-state index in [9.17, 15) is 8.42 Å². The smallest absolute Gasteiger partial charge is 0.179 e. The zero-order chi connectivity index (χ0) is 16.1. The van der Waals surface area contributed by atoms with Crippen LogP contribution in [0.25, 0.3) is 0 Å². The molecule has 1 saturated heterocycles. The van der Waals surface area contributed by atoms with Crippen molar-refractivity contribution in [1.29, 1.82) is 0 Å². The van der Waals surface area contributed by atoms with Crippen molar-refractivity contribution < 1.29 is 8.42 Å². The molecule has 1 fully saturated rings. The van der Waals surface area contributed by atoms with Gasteiger partial charge in [0.2, 0.25) is 0 Å². The lowest BCUT2D eigenvalue weighted by atomic mass is 9.98. The third-order valence-corrected chi connectivity index (χ3v) is 6.00. The van der Waals surface area contributed by atoms with Gasteiger partial charge in [0.05, 0.1) is 10.6 Å². The normalized spacial score (nSPS) is 19.7. The molecule has 0 spiro atoms. The Morgan fingerprint density at radius 3 is 2.78 bits per heavy atom. The minimum atomic E-state index is -3.20. The third-order valence-electron chi connectivity index (χ3n) is 4.29. The Balaban J connectivity index is 1.54. The van der Waals surface area contributed by atoms with Gasteiger partial charge in [-0.05, 0) is 37.4 Å². The summed E-state index contributed by atoms with van der Waals surface area (Å²) >= 11 is 0. The maximum Gasteiger partial charge on any atom is 0.179 e. The average Bonchev–Trinajstić information content (AvgIpc) is 3.07. The first-order valence-electron chi connectivity index (χ1n) is 7.96. The van der Waals surface area contributed by atoms with Crippen LogP contribution in [0.3, 0.4) is 0 Å². The summed E-state index contributed by atoms with van der Waals surface area (Å²) in [5, 5.41) is 4.15. The molecule has 23 heavy (non-hydrogen) atoms. The number of benzene rings is 1. The monoisotopic (exact) mass is 334 g/mol. The number of hydrogen-bond donors (Lipinski definition) is 0. The first-order valence-corrected chi connectivity index (χ1v) is 9.61. The lowest BCUT2D eigenvalue weighted by Gasteiger charge is -2.32. The van der Waals surface area contributed by atoms with Gasteiger partial charge in [0.15, 0.2) is 9.84 Å². The highest BCUT2D eigenvalue weighted by Gasteiger charge is 2.22. The topological polar surface area (TPSA) is 68.1 Å². The van der Waals surface area contributed by atoms with Crippen molar-refractivity contribution >= 4 is 9.84 Å². The number of rotatable bonds is 6. The molecule has 3 rings (SSSR count). The summed E-state index contributed by atoms with van der Waals surface area (Å²) in [7, 11) is -3.20. The predicted molar refractivity (Wildman–Crippen MR) is 87.7 cm³/mol. The lowest BCUT2D eigenvalue weighted by molar-refractivity contribution is 0.167. The van der Waals surface area contributed by atoms with Gasteiger partial charge in [0.1, 0.15) is 12.7 Å². The standard InChI is InChI=1S/C16H22N4O2S/c21-23(22,16-6-2-1-3-7-16)10-9-19-8-4-5-15(11-19)12-20-14-17-13-18-20/h1-3,6-7,13-15H,4-5,8-12H2/t15-/m0/s1. The van der Waals surface area contributed by atoms with E-state index < -0.39 is 9.84 Å². The molecule has 0 amide bonds. The summed E-state index contributed by atoms with van der Waals surface area (Å²) in [6, 6.07) is 8.69. The number of sulfone groups is 1. The molecule has 1 aliphatic heterocycles. The summed E-state index contributed by atoms with van der Waals surface area (Å²) in [6.45, 7) is 3.33. The van der Waals surface area contributed by atoms with Crippen LogP contribution in [0.15, 0.2) is 47.9 Å². The fourth-order valence-electron chi connectivity index (χ4n) is 3.09. The van der Waals surface area contributed by atoms with Gasteiger partial charge in [-0.3, -0.25) is 4.68 Å². The molecule has 0 N–H and O–H groups in total. The van der Waals surface area contributed by atoms with E-state index in [1.807, 2.05) is 10.7 Å². The molecule has 0 radical (unpaired) electrons. The maximum absolute atomic E-state index is 12.4. The van der Waals surface area contributed by atoms with Gasteiger partial charge in [-0.2, -0.15) is 5.10 Å². The van der Waals surface area contributed by atoms with E-state index in [1.165, 1.54) is 0 Å². The predicted octanol–water partition coefficient (Wildman–Crippen LogP) is 1.46. The zero-order valence-corrected chi connectivity index (χ0v) is 13.9. The summed E-state index contributed by atoms with van der Waals surface area (Å²) in [4.78, 5) is 6.64. The van der Waals surface area contributed by atoms with Crippen LogP contribution >= 0.6 is 0 Å². The van der Waals surface area contributed by atoms with Crippen molar-refractivity contribution in [1.82, 2.24) is 19.7 Å². The van der Waals surface area contributed by atoms with Gasteiger partial charge in [0.25, 0.3) is 0 Å². The molecule has 2 heterocycles. The second-order valence-corrected chi connectivity index (χ2v) is 8.17. The van der Waals surface area contributed by atoms with E-state index in [0.29, 0.717) is 17.4 Å². The molecule has 1 aromatic carbocycles. The van der Waals surface area contributed by atoms with Gasteiger partial charge < -0.3 is 4.90 Å². The highest BCUT2D eigenvalue weighted by atomic mass is 32.2. The van der Waals surface area contributed by atoms with Crippen LogP contribution in [0.1, 0.15) is 12.8 Å². The van der Waals surface area contributed by atoms with E-state index in [2.05, 4.69) is 15.0 Å². The Kier molecular flexibility index (Phi) is 5.07. The Bertz CT molecular complexity index is 701. The van der Waals surface area contributed by atoms with Gasteiger partial charge in [0, 0.05) is 19.6 Å². The van der Waals surface area contributed by atoms with Crippen LogP contribution in [0.2, 0.25) is 0 Å². The van der Waals surface area contributed by atoms with Crippen molar-refractivity contribution in [2.75, 3.05) is 25.4 Å². The van der Waals surface area contributed by atoms with Crippen LogP contribution in [-0.2, 0) is 16.4 Å². The molecule has 7 heteroatoms. The summed E-state index contributed by atoms with van der Waals surface area (Å²) in [5.74, 6) is 0.678. The number of likely N-dealkylation sites (tertiary alicyclic amines) is 1. The van der Waals surface area contributed by atoms with E-state index in [1.54, 1.807) is 36.9 Å². The van der Waals surface area contributed by atoms with Crippen molar-refractivity contribution in [3.8, 4) is 0 Å². The second kappa shape index (κ2) is 7.23. The SMILES string of the molecule is O=S(=O)(CCN1CCC[C@H](Cn2cncn2)C1)c1ccccc1. The fourth-order valence-corrected chi connectivity index (χ4v) is 4.40. The first kappa shape index (κ1) is 16.1. The molecular formula is C16H22N4O2S. The minimum Gasteiger partial charge on any atom is -0.302 e. The quantitative estimate of drug-likeness (QED) is 0.800. The Morgan fingerprint density at radius 1 is 1.22 bits per heavy atom. The van der Waals surface area contributed by atoms with Gasteiger partial charge in [-0.1, -0.05) is 18.2 Å². The Labute approximate surface area is 137 Å². The van der Waals surface area contributed by atoms with Crippen LogP contribution < -0.4 is 0 Å². The lowest BCUT2D eigenvalue weighted by Crippen LogP contribution is -2.39. The first-order chi connectivity index (χ1) is 11.1. The second-order valence-electron chi connectivity index (χ2n) is 6.06. The van der Waals surface area contributed by atoms with Crippen molar-refractivity contribution in [3.63, 3.8) is 0 Å². The fraction of sp³-hybridized carbons (Fsp3) is 0.500. The molecular weight excluding hydrogens is 312 g/mol. The molecule has 1 aliphatic rings. The van der Waals surface area contributed by atoms with E-state index in [0.717, 1.165) is 32.5 Å². The third kappa shape index (κ3) is 4.39. The summed E-state index contributed by atoms with van der Waals surface area (Å²) < 4.78 is 26.6. The van der Waals surface area contributed by atoms with Crippen molar-refractivity contribution in [2.24, 2.45) is 5.92 Å². The molecule has 6 nitrogen and oxygen atoms in total. The largest absolute Gasteiger partial charge is 0.302 e. The molecule has 0 aliphatic carbocycles. The number of aromatic nitrogens is 3. The average molecular weight is 334 g/mol. The molecule has 1 atom stereocenters. The maximum atomic E-state index is 12.4. The van der Waals surface area contributed by atoms with E-state index in [4.69, 9.17) is 0 Å². The molecule has 2 aromatic rings. The van der Waals surface area contributed by atoms with Crippen LogP contribution in [0, 0.1) is 5.92 Å². The Morgan fingerprint density at radius 2 is 2.04 bits per heavy atom. The van der Waals surface area contributed by atoms with E-state index in [-0.39, 0.29) is 5.75 Å². The summed E-state index contributed by atoms with van der Waals surface area (Å²) in [6.07, 6.45) is 5.54. The highest BCUT2D eigenvalue weighted by Crippen LogP contribution is 2.18. The zero-order valence-electron chi connectivity index (χ0n) is 13.1. The van der Waals surface area contributed by atoms with Crippen molar-refractivity contribution in [2.45, 2.75) is 24.3 Å². The molecule has 0 unspecified atom stereocenters. The number of nitrogens with zero attached hydrogens (tertiary/aromatic N) is 4. The number of piperidine rings is 1. The highest BCUT2D eigenvalue weighted by molar-refractivity contribution is 7.91. The molecule has 0 bridgehead atoms. The minimum absolute atomic E-state index is 0.174. The van der Waals surface area contributed by atoms with Crippen LogP contribution in [0.4, 0.5) is 0 Å². The molecule has 0 saturated carbocycles. The van der Waals surface area contributed by atoms with Gasteiger partial charge >= 0.3 is 0 Å². The van der Waals surface area contributed by atoms with E-state index >= 15 is 0 Å². The summed E-state index contributed by atoms with van der Waals surface area (Å²) in [5.41, 5.74) is 0.